The highest BCUT2D eigenvalue weighted by Crippen LogP contribution is 2.36. The van der Waals surface area contributed by atoms with Crippen LogP contribution in [0.2, 0.25) is 0 Å². The summed E-state index contributed by atoms with van der Waals surface area (Å²) in [7, 11) is 0. The van der Waals surface area contributed by atoms with E-state index in [-0.39, 0.29) is 0 Å². The van der Waals surface area contributed by atoms with Crippen LogP contribution in [0.3, 0.4) is 0 Å². The third-order valence-electron chi connectivity index (χ3n) is 2.28. The summed E-state index contributed by atoms with van der Waals surface area (Å²) >= 11 is 1.87. The van der Waals surface area contributed by atoms with E-state index in [0.717, 1.165) is 0 Å². The van der Waals surface area contributed by atoms with E-state index >= 15 is 0 Å². The van der Waals surface area contributed by atoms with Gasteiger partial charge in [0, 0.05) is 31.6 Å². The summed E-state index contributed by atoms with van der Waals surface area (Å²) in [5.41, 5.74) is 0.711. The van der Waals surface area contributed by atoms with Crippen LogP contribution in [0.1, 0.15) is 0 Å². The average molecular weight is 144 g/mol. The van der Waals surface area contributed by atoms with E-state index in [1.807, 2.05) is 11.9 Å². The lowest BCUT2D eigenvalue weighted by atomic mass is 9.76. The van der Waals surface area contributed by atoms with Crippen molar-refractivity contribution in [2.75, 3.05) is 32.4 Å². The molecule has 2 saturated heterocycles. The molecule has 0 aromatic heterocycles. The van der Waals surface area contributed by atoms with Crippen LogP contribution < -0.4 is 5.32 Å². The number of hydrogen-bond donors (Lipinski definition) is 1. The van der Waals surface area contributed by atoms with Crippen molar-refractivity contribution in [1.29, 1.82) is 0 Å². The van der Waals surface area contributed by atoms with Crippen LogP contribution in [0, 0.1) is 5.41 Å². The Kier molecular flexibility index (Phi) is 1.25. The molecule has 3 heteroatoms. The SMILES string of the molecule is CSN1CC2(CNC2)C1. The molecule has 2 aliphatic heterocycles. The topological polar surface area (TPSA) is 15.3 Å². The molecule has 2 nitrogen and oxygen atoms in total. The molecule has 0 unspecified atom stereocenters. The predicted octanol–water partition coefficient (Wildman–Crippen LogP) is 0.170. The van der Waals surface area contributed by atoms with E-state index in [2.05, 4.69) is 15.9 Å². The molecule has 2 heterocycles. The van der Waals surface area contributed by atoms with Crippen LogP contribution in [0.15, 0.2) is 0 Å². The fourth-order valence-electron chi connectivity index (χ4n) is 1.53. The molecule has 0 saturated carbocycles. The second-order valence-electron chi connectivity index (χ2n) is 3.08. The van der Waals surface area contributed by atoms with Crippen LogP contribution in [0.25, 0.3) is 0 Å². The number of nitrogens with one attached hydrogen (secondary N) is 1. The van der Waals surface area contributed by atoms with Gasteiger partial charge in [0.05, 0.1) is 0 Å². The van der Waals surface area contributed by atoms with E-state index in [0.29, 0.717) is 5.41 Å². The summed E-state index contributed by atoms with van der Waals surface area (Å²) in [6.45, 7) is 5.12. The molecule has 1 spiro atoms. The van der Waals surface area contributed by atoms with Crippen molar-refractivity contribution in [3.63, 3.8) is 0 Å². The van der Waals surface area contributed by atoms with Gasteiger partial charge in [-0.15, -0.1) is 0 Å². The largest absolute Gasteiger partial charge is 0.315 e. The lowest BCUT2D eigenvalue weighted by Gasteiger charge is -2.55. The molecule has 2 rings (SSSR count). The van der Waals surface area contributed by atoms with Crippen LogP contribution >= 0.6 is 11.9 Å². The maximum Gasteiger partial charge on any atom is 0.0225 e. The van der Waals surface area contributed by atoms with Crippen LogP contribution in [0.5, 0.6) is 0 Å². The standard InChI is InChI=1S/C6H12N2S/c1-9-8-4-6(5-8)2-7-3-6/h7H,2-5H2,1H3. The van der Waals surface area contributed by atoms with Crippen molar-refractivity contribution in [2.24, 2.45) is 5.41 Å². The molecule has 2 aliphatic rings. The molecular formula is C6H12N2S. The van der Waals surface area contributed by atoms with Gasteiger partial charge in [0.25, 0.3) is 0 Å². The van der Waals surface area contributed by atoms with Crippen LogP contribution in [0.4, 0.5) is 0 Å². The normalized spacial score (nSPS) is 31.7. The van der Waals surface area contributed by atoms with Crippen molar-refractivity contribution < 1.29 is 0 Å². The van der Waals surface area contributed by atoms with Gasteiger partial charge in [-0.05, 0) is 6.26 Å². The highest BCUT2D eigenvalue weighted by Gasteiger charge is 2.47. The summed E-state index contributed by atoms with van der Waals surface area (Å²) in [4.78, 5) is 0. The molecule has 0 aliphatic carbocycles. The number of hydrogen-bond acceptors (Lipinski definition) is 3. The maximum absolute atomic E-state index is 3.31. The first kappa shape index (κ1) is 6.01. The Hall–Kier alpha value is 0.270. The van der Waals surface area contributed by atoms with E-state index in [1.54, 1.807) is 0 Å². The zero-order chi connectivity index (χ0) is 6.32. The first-order valence-corrected chi connectivity index (χ1v) is 4.53. The predicted molar refractivity (Wildman–Crippen MR) is 40.4 cm³/mol. The average Bonchev–Trinajstić information content (AvgIpc) is 1.59. The molecule has 0 bridgehead atoms. The Balaban J connectivity index is 1.82. The fourth-order valence-corrected chi connectivity index (χ4v) is 2.34. The second-order valence-corrected chi connectivity index (χ2v) is 3.97. The van der Waals surface area contributed by atoms with E-state index in [1.165, 1.54) is 26.2 Å². The summed E-state index contributed by atoms with van der Waals surface area (Å²) in [5, 5.41) is 3.31. The Morgan fingerprint density at radius 3 is 2.44 bits per heavy atom. The first-order chi connectivity index (χ1) is 4.35. The third kappa shape index (κ3) is 0.791. The Morgan fingerprint density at radius 1 is 1.44 bits per heavy atom. The molecule has 0 atom stereocenters. The van der Waals surface area contributed by atoms with Crippen molar-refractivity contribution in [1.82, 2.24) is 9.62 Å². The lowest BCUT2D eigenvalue weighted by molar-refractivity contribution is 0.0238. The smallest absolute Gasteiger partial charge is 0.0225 e. The summed E-state index contributed by atoms with van der Waals surface area (Å²) in [6.07, 6.45) is 2.15. The minimum Gasteiger partial charge on any atom is -0.315 e. The molecule has 0 radical (unpaired) electrons. The van der Waals surface area contributed by atoms with Gasteiger partial charge in [-0.2, -0.15) is 0 Å². The minimum atomic E-state index is 0.711. The molecule has 0 aromatic rings. The quantitative estimate of drug-likeness (QED) is 0.528. The van der Waals surface area contributed by atoms with Gasteiger partial charge in [0.2, 0.25) is 0 Å². The van der Waals surface area contributed by atoms with Gasteiger partial charge in [-0.3, -0.25) is 0 Å². The third-order valence-corrected chi connectivity index (χ3v) is 3.06. The van der Waals surface area contributed by atoms with Crippen molar-refractivity contribution >= 4 is 11.9 Å². The Labute approximate surface area is 60.1 Å². The number of rotatable bonds is 1. The summed E-state index contributed by atoms with van der Waals surface area (Å²) < 4.78 is 2.42. The lowest BCUT2D eigenvalue weighted by Crippen LogP contribution is -2.69. The highest BCUT2D eigenvalue weighted by molar-refractivity contribution is 7.96. The Morgan fingerprint density at radius 2 is 2.11 bits per heavy atom. The molecule has 0 aromatic carbocycles. The van der Waals surface area contributed by atoms with Crippen LogP contribution in [-0.4, -0.2) is 36.7 Å². The molecule has 52 valence electrons. The van der Waals surface area contributed by atoms with Crippen molar-refractivity contribution in [3.05, 3.63) is 0 Å². The molecule has 1 N–H and O–H groups in total. The molecule has 0 amide bonds. The zero-order valence-corrected chi connectivity index (χ0v) is 6.50. The van der Waals surface area contributed by atoms with Crippen molar-refractivity contribution in [3.8, 4) is 0 Å². The first-order valence-electron chi connectivity index (χ1n) is 3.34. The van der Waals surface area contributed by atoms with Gasteiger partial charge in [0.15, 0.2) is 0 Å². The van der Waals surface area contributed by atoms with Gasteiger partial charge in [0.1, 0.15) is 0 Å². The maximum atomic E-state index is 3.31. The molecule has 2 fully saturated rings. The van der Waals surface area contributed by atoms with E-state index in [9.17, 15) is 0 Å². The number of nitrogens with zero attached hydrogens (tertiary/aromatic N) is 1. The Bertz CT molecular complexity index is 114. The minimum absolute atomic E-state index is 0.711. The summed E-state index contributed by atoms with van der Waals surface area (Å²) in [5.74, 6) is 0. The highest BCUT2D eigenvalue weighted by atomic mass is 32.2. The van der Waals surface area contributed by atoms with E-state index in [4.69, 9.17) is 0 Å². The van der Waals surface area contributed by atoms with Gasteiger partial charge in [-0.25, -0.2) is 4.31 Å². The second kappa shape index (κ2) is 1.87. The van der Waals surface area contributed by atoms with Gasteiger partial charge >= 0.3 is 0 Å². The van der Waals surface area contributed by atoms with E-state index < -0.39 is 0 Å². The van der Waals surface area contributed by atoms with Gasteiger partial charge < -0.3 is 5.32 Å². The zero-order valence-electron chi connectivity index (χ0n) is 5.68. The van der Waals surface area contributed by atoms with Crippen LogP contribution in [-0.2, 0) is 0 Å². The summed E-state index contributed by atoms with van der Waals surface area (Å²) in [6, 6.07) is 0. The molecular weight excluding hydrogens is 132 g/mol. The monoisotopic (exact) mass is 144 g/mol. The fraction of sp³-hybridized carbons (Fsp3) is 1.00. The molecule has 9 heavy (non-hydrogen) atoms. The van der Waals surface area contributed by atoms with Gasteiger partial charge in [-0.1, -0.05) is 11.9 Å². The van der Waals surface area contributed by atoms with Crippen molar-refractivity contribution in [2.45, 2.75) is 0 Å².